The van der Waals surface area contributed by atoms with E-state index >= 15 is 0 Å². The number of amides is 1. The molecule has 0 fully saturated rings. The number of nitrogens with zero attached hydrogens (tertiary/aromatic N) is 1. The van der Waals surface area contributed by atoms with Crippen LogP contribution in [0.15, 0.2) is 12.2 Å². The maximum atomic E-state index is 11.5. The highest BCUT2D eigenvalue weighted by Gasteiger charge is 2.08. The minimum Gasteiger partial charge on any atom is -0.395 e. The van der Waals surface area contributed by atoms with Crippen molar-refractivity contribution in [3.05, 3.63) is 12.2 Å². The Morgan fingerprint density at radius 3 is 2.53 bits per heavy atom. The summed E-state index contributed by atoms with van der Waals surface area (Å²) in [6.45, 7) is 5.22. The maximum absolute atomic E-state index is 11.5. The van der Waals surface area contributed by atoms with Gasteiger partial charge in [0.15, 0.2) is 0 Å². The molecule has 88 valence electrons. The third-order valence-electron chi connectivity index (χ3n) is 2.27. The zero-order valence-electron chi connectivity index (χ0n) is 9.91. The number of unbranched alkanes of at least 4 members (excludes halogenated alkanes) is 3. The Labute approximate surface area is 92.8 Å². The van der Waals surface area contributed by atoms with E-state index in [0.29, 0.717) is 6.54 Å². The summed E-state index contributed by atoms with van der Waals surface area (Å²) in [6, 6.07) is 0. The Morgan fingerprint density at radius 1 is 1.27 bits per heavy atom. The van der Waals surface area contributed by atoms with Crippen molar-refractivity contribution in [3.63, 3.8) is 0 Å². The number of hydrogen-bond donors (Lipinski definition) is 1. The average molecular weight is 213 g/mol. The fourth-order valence-electron chi connectivity index (χ4n) is 1.43. The van der Waals surface area contributed by atoms with Crippen LogP contribution in [-0.2, 0) is 4.79 Å². The van der Waals surface area contributed by atoms with Crippen molar-refractivity contribution in [2.75, 3.05) is 19.7 Å². The second-order valence-corrected chi connectivity index (χ2v) is 3.61. The smallest absolute Gasteiger partial charge is 0.246 e. The molecule has 15 heavy (non-hydrogen) atoms. The lowest BCUT2D eigenvalue weighted by Crippen LogP contribution is -2.33. The van der Waals surface area contributed by atoms with Gasteiger partial charge < -0.3 is 10.0 Å². The van der Waals surface area contributed by atoms with E-state index in [1.807, 2.05) is 6.92 Å². The van der Waals surface area contributed by atoms with Crippen molar-refractivity contribution >= 4 is 5.91 Å². The van der Waals surface area contributed by atoms with Gasteiger partial charge in [-0.2, -0.15) is 0 Å². The van der Waals surface area contributed by atoms with Crippen molar-refractivity contribution in [1.82, 2.24) is 4.90 Å². The highest BCUT2D eigenvalue weighted by Crippen LogP contribution is 2.02. The molecule has 1 amide bonds. The standard InChI is InChI=1S/C12H23NO2/c1-3-5-6-7-9-13(10-11-14)12(15)8-4-2/h4,8,14H,3,5-7,9-11H2,1-2H3. The van der Waals surface area contributed by atoms with Crippen LogP contribution in [0.1, 0.15) is 39.5 Å². The maximum Gasteiger partial charge on any atom is 0.246 e. The summed E-state index contributed by atoms with van der Waals surface area (Å²) in [6.07, 6.45) is 7.88. The van der Waals surface area contributed by atoms with Crippen LogP contribution in [0.3, 0.4) is 0 Å². The molecule has 0 bridgehead atoms. The molecule has 3 heteroatoms. The summed E-state index contributed by atoms with van der Waals surface area (Å²) in [5.41, 5.74) is 0. The second kappa shape index (κ2) is 9.71. The van der Waals surface area contributed by atoms with E-state index in [4.69, 9.17) is 5.11 Å². The predicted octanol–water partition coefficient (Wildman–Crippen LogP) is 1.96. The third kappa shape index (κ3) is 7.14. The summed E-state index contributed by atoms with van der Waals surface area (Å²) < 4.78 is 0. The summed E-state index contributed by atoms with van der Waals surface area (Å²) in [4.78, 5) is 13.2. The summed E-state index contributed by atoms with van der Waals surface area (Å²) in [5.74, 6) is 0.00282. The van der Waals surface area contributed by atoms with Gasteiger partial charge in [0.25, 0.3) is 0 Å². The molecular weight excluding hydrogens is 190 g/mol. The topological polar surface area (TPSA) is 40.5 Å². The molecule has 0 aliphatic carbocycles. The number of aliphatic hydroxyl groups excluding tert-OH is 1. The van der Waals surface area contributed by atoms with E-state index in [-0.39, 0.29) is 12.5 Å². The van der Waals surface area contributed by atoms with E-state index in [2.05, 4.69) is 6.92 Å². The SMILES string of the molecule is CC=CC(=O)N(CCO)CCCCCC. The van der Waals surface area contributed by atoms with Gasteiger partial charge in [0, 0.05) is 13.1 Å². The lowest BCUT2D eigenvalue weighted by Gasteiger charge is -2.19. The Morgan fingerprint density at radius 2 is 2.00 bits per heavy atom. The van der Waals surface area contributed by atoms with Gasteiger partial charge in [-0.1, -0.05) is 32.3 Å². The average Bonchev–Trinajstić information content (AvgIpc) is 2.23. The molecule has 0 aromatic carbocycles. The first-order chi connectivity index (χ1) is 7.26. The molecule has 0 aliphatic rings. The number of allylic oxidation sites excluding steroid dienone is 1. The predicted molar refractivity (Wildman–Crippen MR) is 62.6 cm³/mol. The lowest BCUT2D eigenvalue weighted by atomic mass is 10.2. The molecule has 0 rings (SSSR count). The zero-order chi connectivity index (χ0) is 11.5. The van der Waals surface area contributed by atoms with Crippen LogP contribution in [0.2, 0.25) is 0 Å². The summed E-state index contributed by atoms with van der Waals surface area (Å²) in [5, 5.41) is 8.84. The van der Waals surface area contributed by atoms with E-state index in [9.17, 15) is 4.79 Å². The largest absolute Gasteiger partial charge is 0.395 e. The fraction of sp³-hybridized carbons (Fsp3) is 0.750. The first-order valence-corrected chi connectivity index (χ1v) is 5.78. The van der Waals surface area contributed by atoms with Gasteiger partial charge in [0.05, 0.1) is 6.61 Å². The molecule has 0 saturated carbocycles. The van der Waals surface area contributed by atoms with Gasteiger partial charge in [0.2, 0.25) is 5.91 Å². The number of rotatable bonds is 8. The van der Waals surface area contributed by atoms with Crippen molar-refractivity contribution in [1.29, 1.82) is 0 Å². The summed E-state index contributed by atoms with van der Waals surface area (Å²) in [7, 11) is 0. The molecule has 3 nitrogen and oxygen atoms in total. The number of carbonyl (C=O) groups excluding carboxylic acids is 1. The third-order valence-corrected chi connectivity index (χ3v) is 2.27. The normalized spacial score (nSPS) is 10.9. The molecule has 0 saturated heterocycles. The van der Waals surface area contributed by atoms with Crippen LogP contribution in [0.25, 0.3) is 0 Å². The Hall–Kier alpha value is -0.830. The first kappa shape index (κ1) is 14.2. The van der Waals surface area contributed by atoms with Gasteiger partial charge in [-0.25, -0.2) is 0 Å². The van der Waals surface area contributed by atoms with E-state index in [1.165, 1.54) is 12.8 Å². The molecule has 0 aromatic rings. The van der Waals surface area contributed by atoms with Crippen LogP contribution in [-0.4, -0.2) is 35.6 Å². The van der Waals surface area contributed by atoms with Crippen LogP contribution in [0.4, 0.5) is 0 Å². The van der Waals surface area contributed by atoms with Crippen molar-refractivity contribution in [3.8, 4) is 0 Å². The van der Waals surface area contributed by atoms with E-state index < -0.39 is 0 Å². The van der Waals surface area contributed by atoms with Crippen molar-refractivity contribution in [2.45, 2.75) is 39.5 Å². The van der Waals surface area contributed by atoms with Crippen LogP contribution in [0, 0.1) is 0 Å². The van der Waals surface area contributed by atoms with Gasteiger partial charge in [0.1, 0.15) is 0 Å². The second-order valence-electron chi connectivity index (χ2n) is 3.61. The fourth-order valence-corrected chi connectivity index (χ4v) is 1.43. The molecule has 0 atom stereocenters. The molecule has 0 aliphatic heterocycles. The first-order valence-electron chi connectivity index (χ1n) is 5.78. The molecular formula is C12H23NO2. The van der Waals surface area contributed by atoms with Crippen LogP contribution >= 0.6 is 0 Å². The minimum atomic E-state index is 0.00282. The molecule has 0 heterocycles. The monoisotopic (exact) mass is 213 g/mol. The molecule has 0 aromatic heterocycles. The molecule has 1 N–H and O–H groups in total. The highest BCUT2D eigenvalue weighted by atomic mass is 16.3. The van der Waals surface area contributed by atoms with Gasteiger partial charge in [-0.3, -0.25) is 4.79 Å². The van der Waals surface area contributed by atoms with Crippen LogP contribution < -0.4 is 0 Å². The lowest BCUT2D eigenvalue weighted by molar-refractivity contribution is -0.126. The Kier molecular flexibility index (Phi) is 9.18. The zero-order valence-corrected chi connectivity index (χ0v) is 9.91. The highest BCUT2D eigenvalue weighted by molar-refractivity contribution is 5.87. The summed E-state index contributed by atoms with van der Waals surface area (Å²) >= 11 is 0. The van der Waals surface area contributed by atoms with E-state index in [1.54, 1.807) is 17.1 Å². The quantitative estimate of drug-likeness (QED) is 0.494. The number of carbonyl (C=O) groups is 1. The van der Waals surface area contributed by atoms with Crippen molar-refractivity contribution in [2.24, 2.45) is 0 Å². The minimum absolute atomic E-state index is 0.00282. The molecule has 0 radical (unpaired) electrons. The van der Waals surface area contributed by atoms with Crippen molar-refractivity contribution < 1.29 is 9.90 Å². The van der Waals surface area contributed by atoms with Crippen LogP contribution in [0.5, 0.6) is 0 Å². The Bertz CT molecular complexity index is 190. The molecule has 0 unspecified atom stereocenters. The molecule has 0 spiro atoms. The Balaban J connectivity index is 3.87. The number of aliphatic hydroxyl groups is 1. The van der Waals surface area contributed by atoms with E-state index in [0.717, 1.165) is 19.4 Å². The van der Waals surface area contributed by atoms with Gasteiger partial charge in [-0.05, 0) is 19.4 Å². The number of hydrogen-bond acceptors (Lipinski definition) is 2. The van der Waals surface area contributed by atoms with Gasteiger partial charge >= 0.3 is 0 Å². The van der Waals surface area contributed by atoms with Gasteiger partial charge in [-0.15, -0.1) is 0 Å².